The van der Waals surface area contributed by atoms with Crippen LogP contribution in [0.2, 0.25) is 0 Å². The second-order valence-electron chi connectivity index (χ2n) is 4.05. The molecule has 6 heteroatoms. The van der Waals surface area contributed by atoms with Gasteiger partial charge in [-0.1, -0.05) is 18.2 Å². The van der Waals surface area contributed by atoms with Gasteiger partial charge in [0.25, 0.3) is 0 Å². The maximum absolute atomic E-state index is 10.9. The Morgan fingerprint density at radius 3 is 2.67 bits per heavy atom. The van der Waals surface area contributed by atoms with Gasteiger partial charge in [-0.25, -0.2) is 17.8 Å². The lowest BCUT2D eigenvalue weighted by Gasteiger charge is -2.00. The predicted molar refractivity (Wildman–Crippen MR) is 70.1 cm³/mol. The molecule has 1 N–H and O–H groups in total. The number of nitrogens with zero attached hydrogens (tertiary/aromatic N) is 2. The summed E-state index contributed by atoms with van der Waals surface area (Å²) < 4.78 is 26.1. The molecule has 1 aromatic carbocycles. The second-order valence-corrected chi connectivity index (χ2v) is 5.88. The molecule has 0 bridgehead atoms. The Morgan fingerprint density at radius 2 is 2.00 bits per heavy atom. The molecule has 0 aliphatic heterocycles. The zero-order valence-electron chi connectivity index (χ0n) is 10.1. The Balaban J connectivity index is 1.99. The lowest BCUT2D eigenvalue weighted by Crippen LogP contribution is -2.24. The van der Waals surface area contributed by atoms with E-state index in [1.807, 2.05) is 36.5 Å². The molecule has 96 valence electrons. The van der Waals surface area contributed by atoms with Crippen molar-refractivity contribution in [1.82, 2.24) is 14.5 Å². The van der Waals surface area contributed by atoms with Crippen molar-refractivity contribution in [2.45, 2.75) is 6.42 Å². The summed E-state index contributed by atoms with van der Waals surface area (Å²) in [4.78, 5) is 0. The first-order valence-electron chi connectivity index (χ1n) is 5.58. The molecule has 18 heavy (non-hydrogen) atoms. The number of rotatable bonds is 5. The molecule has 0 aliphatic carbocycles. The van der Waals surface area contributed by atoms with E-state index in [0.29, 0.717) is 13.0 Å². The van der Waals surface area contributed by atoms with Gasteiger partial charge in [-0.3, -0.25) is 0 Å². The molecular weight excluding hydrogens is 250 g/mol. The van der Waals surface area contributed by atoms with Crippen molar-refractivity contribution >= 4 is 10.0 Å². The molecule has 0 amide bonds. The van der Waals surface area contributed by atoms with Gasteiger partial charge in [0, 0.05) is 12.7 Å². The van der Waals surface area contributed by atoms with E-state index < -0.39 is 10.0 Å². The van der Waals surface area contributed by atoms with Gasteiger partial charge >= 0.3 is 0 Å². The summed E-state index contributed by atoms with van der Waals surface area (Å²) in [5.41, 5.74) is 1.98. The fourth-order valence-electron chi connectivity index (χ4n) is 1.59. The van der Waals surface area contributed by atoms with Crippen LogP contribution in [0.4, 0.5) is 0 Å². The van der Waals surface area contributed by atoms with Crippen molar-refractivity contribution in [2.75, 3.05) is 12.8 Å². The van der Waals surface area contributed by atoms with E-state index in [2.05, 4.69) is 9.82 Å². The second kappa shape index (κ2) is 5.32. The maximum Gasteiger partial charge on any atom is 0.208 e. The topological polar surface area (TPSA) is 64.0 Å². The molecule has 0 saturated heterocycles. The summed E-state index contributed by atoms with van der Waals surface area (Å²) in [6.07, 6.45) is 5.43. The average molecular weight is 265 g/mol. The Kier molecular flexibility index (Phi) is 3.78. The third kappa shape index (κ3) is 3.68. The first-order chi connectivity index (χ1) is 8.54. The third-order valence-corrected chi connectivity index (χ3v) is 3.16. The molecule has 0 aliphatic rings. The number of sulfonamides is 1. The van der Waals surface area contributed by atoms with E-state index in [4.69, 9.17) is 0 Å². The van der Waals surface area contributed by atoms with E-state index >= 15 is 0 Å². The van der Waals surface area contributed by atoms with Gasteiger partial charge in [-0.15, -0.1) is 0 Å². The molecule has 0 unspecified atom stereocenters. The number of hydrogen-bond acceptors (Lipinski definition) is 3. The van der Waals surface area contributed by atoms with Crippen molar-refractivity contribution in [3.05, 3.63) is 48.3 Å². The zero-order chi connectivity index (χ0) is 13.0. The minimum Gasteiger partial charge on any atom is -0.241 e. The Labute approximate surface area is 107 Å². The standard InChI is InChI=1S/C12H15N3O2S/c1-18(16,17)14-8-7-11-9-13-15(10-11)12-5-3-2-4-6-12/h2-6,9-10,14H,7-8H2,1H3. The molecule has 2 aromatic rings. The molecular formula is C12H15N3O2S. The fourth-order valence-corrected chi connectivity index (χ4v) is 2.06. The molecule has 0 radical (unpaired) electrons. The minimum atomic E-state index is -3.12. The van der Waals surface area contributed by atoms with Crippen LogP contribution in [0.15, 0.2) is 42.7 Å². The van der Waals surface area contributed by atoms with Crippen molar-refractivity contribution in [3.8, 4) is 5.69 Å². The van der Waals surface area contributed by atoms with Crippen molar-refractivity contribution in [3.63, 3.8) is 0 Å². The van der Waals surface area contributed by atoms with Crippen LogP contribution in [0.5, 0.6) is 0 Å². The van der Waals surface area contributed by atoms with E-state index in [1.165, 1.54) is 0 Å². The molecule has 0 saturated carbocycles. The Bertz CT molecular complexity index is 605. The van der Waals surface area contributed by atoms with Crippen molar-refractivity contribution in [1.29, 1.82) is 0 Å². The maximum atomic E-state index is 10.9. The molecule has 2 rings (SSSR count). The summed E-state index contributed by atoms with van der Waals surface area (Å²) in [7, 11) is -3.12. The van der Waals surface area contributed by atoms with Crippen LogP contribution >= 0.6 is 0 Å². The highest BCUT2D eigenvalue weighted by atomic mass is 32.2. The van der Waals surface area contributed by atoms with Gasteiger partial charge in [0.1, 0.15) is 0 Å². The quantitative estimate of drug-likeness (QED) is 0.876. The predicted octanol–water partition coefficient (Wildman–Crippen LogP) is 0.964. The van der Waals surface area contributed by atoms with Crippen molar-refractivity contribution < 1.29 is 8.42 Å². The zero-order valence-corrected chi connectivity index (χ0v) is 10.9. The van der Waals surface area contributed by atoms with Gasteiger partial charge in [-0.05, 0) is 24.1 Å². The molecule has 5 nitrogen and oxygen atoms in total. The smallest absolute Gasteiger partial charge is 0.208 e. The highest BCUT2D eigenvalue weighted by Crippen LogP contribution is 2.07. The van der Waals surface area contributed by atoms with Crippen LogP contribution in [0.3, 0.4) is 0 Å². The fraction of sp³-hybridized carbons (Fsp3) is 0.250. The summed E-state index contributed by atoms with van der Waals surface area (Å²) in [6.45, 7) is 0.388. The van der Waals surface area contributed by atoms with Crippen LogP contribution in [0, 0.1) is 0 Å². The van der Waals surface area contributed by atoms with E-state index in [-0.39, 0.29) is 0 Å². The van der Waals surface area contributed by atoms with Gasteiger partial charge in [0.2, 0.25) is 10.0 Å². The van der Waals surface area contributed by atoms with Crippen LogP contribution in [-0.4, -0.2) is 31.0 Å². The molecule has 1 heterocycles. The number of aromatic nitrogens is 2. The van der Waals surface area contributed by atoms with Crippen molar-refractivity contribution in [2.24, 2.45) is 0 Å². The van der Waals surface area contributed by atoms with E-state index in [9.17, 15) is 8.42 Å². The van der Waals surface area contributed by atoms with E-state index in [1.54, 1.807) is 10.9 Å². The van der Waals surface area contributed by atoms with Gasteiger partial charge in [-0.2, -0.15) is 5.10 Å². The normalized spacial score (nSPS) is 11.6. The monoisotopic (exact) mass is 265 g/mol. The molecule has 0 spiro atoms. The highest BCUT2D eigenvalue weighted by Gasteiger charge is 2.03. The Hall–Kier alpha value is -1.66. The van der Waals surface area contributed by atoms with Gasteiger partial charge in [0.15, 0.2) is 0 Å². The minimum absolute atomic E-state index is 0.388. The summed E-state index contributed by atoms with van der Waals surface area (Å²) in [5.74, 6) is 0. The SMILES string of the molecule is CS(=O)(=O)NCCc1cnn(-c2ccccc2)c1. The number of hydrogen-bond donors (Lipinski definition) is 1. The summed E-state index contributed by atoms with van der Waals surface area (Å²) in [5, 5.41) is 4.24. The largest absolute Gasteiger partial charge is 0.241 e. The lowest BCUT2D eigenvalue weighted by molar-refractivity contribution is 0.588. The van der Waals surface area contributed by atoms with Gasteiger partial charge < -0.3 is 0 Å². The highest BCUT2D eigenvalue weighted by molar-refractivity contribution is 7.88. The average Bonchev–Trinajstić information content (AvgIpc) is 2.77. The van der Waals surface area contributed by atoms with E-state index in [0.717, 1.165) is 17.5 Å². The first-order valence-corrected chi connectivity index (χ1v) is 7.47. The van der Waals surface area contributed by atoms with Gasteiger partial charge in [0.05, 0.1) is 18.1 Å². The molecule has 1 aromatic heterocycles. The van der Waals surface area contributed by atoms with Crippen LogP contribution < -0.4 is 4.72 Å². The van der Waals surface area contributed by atoms with Crippen LogP contribution in [0.25, 0.3) is 5.69 Å². The Morgan fingerprint density at radius 1 is 1.28 bits per heavy atom. The number of benzene rings is 1. The summed E-state index contributed by atoms with van der Waals surface area (Å²) >= 11 is 0. The van der Waals surface area contributed by atoms with Crippen LogP contribution in [-0.2, 0) is 16.4 Å². The first kappa shape index (κ1) is 12.8. The summed E-state index contributed by atoms with van der Waals surface area (Å²) in [6, 6.07) is 9.77. The third-order valence-electron chi connectivity index (χ3n) is 2.43. The number of nitrogens with one attached hydrogen (secondary N) is 1. The van der Waals surface area contributed by atoms with Crippen LogP contribution in [0.1, 0.15) is 5.56 Å². The lowest BCUT2D eigenvalue weighted by atomic mass is 10.2. The molecule has 0 atom stereocenters. The molecule has 0 fully saturated rings. The number of para-hydroxylation sites is 1.